The molecule has 3 N–H and O–H groups in total. The van der Waals surface area contributed by atoms with Crippen LogP contribution < -0.4 is 25.4 Å². The topological polar surface area (TPSA) is 93.2 Å². The number of amides is 1. The monoisotopic (exact) mass is 414 g/mol. The number of carbonyl (C=O) groups is 1. The van der Waals surface area contributed by atoms with Crippen LogP contribution in [0.5, 0.6) is 11.5 Å². The minimum absolute atomic E-state index is 0.401. The predicted octanol–water partition coefficient (Wildman–Crippen LogP) is 2.94. The highest BCUT2D eigenvalue weighted by Crippen LogP contribution is 2.36. The molecule has 0 bridgehead atoms. The van der Waals surface area contributed by atoms with Gasteiger partial charge in [-0.25, -0.2) is 4.79 Å². The summed E-state index contributed by atoms with van der Waals surface area (Å²) in [6.45, 7) is 9.22. The summed E-state index contributed by atoms with van der Waals surface area (Å²) >= 11 is 6.29. The van der Waals surface area contributed by atoms with Gasteiger partial charge in [-0.2, -0.15) is 0 Å². The van der Waals surface area contributed by atoms with Crippen molar-refractivity contribution in [2.75, 3.05) is 33.9 Å². The Bertz CT molecular complexity index is 675. The molecule has 1 rings (SSSR count). The van der Waals surface area contributed by atoms with Gasteiger partial charge in [-0.1, -0.05) is 11.6 Å². The molecule has 0 atom stereocenters. The second kappa shape index (κ2) is 11.5. The first-order chi connectivity index (χ1) is 13.2. The van der Waals surface area contributed by atoms with E-state index in [1.165, 1.54) is 0 Å². The van der Waals surface area contributed by atoms with Crippen molar-refractivity contribution in [3.63, 3.8) is 0 Å². The fraction of sp³-hybridized carbons (Fsp3) is 0.579. The molecule has 0 spiro atoms. The molecule has 0 aliphatic rings. The Morgan fingerprint density at radius 2 is 1.86 bits per heavy atom. The second-order valence-electron chi connectivity index (χ2n) is 6.82. The number of nitrogens with zero attached hydrogens (tertiary/aromatic N) is 1. The van der Waals surface area contributed by atoms with E-state index < -0.39 is 11.7 Å². The summed E-state index contributed by atoms with van der Waals surface area (Å²) in [6.07, 6.45) is -0.451. The van der Waals surface area contributed by atoms with Crippen molar-refractivity contribution in [2.45, 2.75) is 39.8 Å². The minimum Gasteiger partial charge on any atom is -0.493 e. The summed E-state index contributed by atoms with van der Waals surface area (Å²) in [5, 5.41) is 9.46. The average Bonchev–Trinajstić information content (AvgIpc) is 2.61. The lowest BCUT2D eigenvalue weighted by Gasteiger charge is -2.20. The SMILES string of the molecule is CCOc1c(Cl)cc(CNC(=NC)NCCNC(=O)OC(C)(C)C)cc1OC. The maximum Gasteiger partial charge on any atom is 0.407 e. The number of benzene rings is 1. The van der Waals surface area contributed by atoms with Gasteiger partial charge in [0, 0.05) is 26.7 Å². The maximum absolute atomic E-state index is 11.6. The smallest absolute Gasteiger partial charge is 0.407 e. The first-order valence-corrected chi connectivity index (χ1v) is 9.48. The molecule has 0 saturated carbocycles. The van der Waals surface area contributed by atoms with Crippen LogP contribution in [0.25, 0.3) is 0 Å². The van der Waals surface area contributed by atoms with Gasteiger partial charge < -0.3 is 30.2 Å². The molecule has 28 heavy (non-hydrogen) atoms. The van der Waals surface area contributed by atoms with E-state index >= 15 is 0 Å². The zero-order valence-corrected chi connectivity index (χ0v) is 18.2. The Labute approximate surface area is 172 Å². The van der Waals surface area contributed by atoms with E-state index in [2.05, 4.69) is 20.9 Å². The lowest BCUT2D eigenvalue weighted by Crippen LogP contribution is -2.42. The molecule has 0 radical (unpaired) electrons. The van der Waals surface area contributed by atoms with Gasteiger partial charge in [0.15, 0.2) is 17.5 Å². The third-order valence-corrected chi connectivity index (χ3v) is 3.63. The van der Waals surface area contributed by atoms with Crippen LogP contribution in [0, 0.1) is 0 Å². The highest BCUT2D eigenvalue weighted by atomic mass is 35.5. The van der Waals surface area contributed by atoms with Gasteiger partial charge in [0.1, 0.15) is 5.60 Å². The van der Waals surface area contributed by atoms with Gasteiger partial charge in [0.2, 0.25) is 0 Å². The Kier molecular flexibility index (Phi) is 9.72. The number of hydrogen-bond acceptors (Lipinski definition) is 5. The summed E-state index contributed by atoms with van der Waals surface area (Å²) in [7, 11) is 3.24. The number of hydrogen-bond donors (Lipinski definition) is 3. The highest BCUT2D eigenvalue weighted by molar-refractivity contribution is 6.32. The number of nitrogens with one attached hydrogen (secondary N) is 3. The third-order valence-electron chi connectivity index (χ3n) is 3.35. The molecule has 0 heterocycles. The molecular formula is C19H31ClN4O4. The molecule has 0 aromatic heterocycles. The first kappa shape index (κ1) is 23.7. The van der Waals surface area contributed by atoms with Crippen molar-refractivity contribution >= 4 is 23.7 Å². The maximum atomic E-state index is 11.6. The Morgan fingerprint density at radius 1 is 1.18 bits per heavy atom. The zero-order valence-electron chi connectivity index (χ0n) is 17.4. The van der Waals surface area contributed by atoms with Crippen LogP contribution in [0.4, 0.5) is 4.79 Å². The van der Waals surface area contributed by atoms with E-state index in [9.17, 15) is 4.79 Å². The number of rotatable bonds is 8. The van der Waals surface area contributed by atoms with Crippen LogP contribution in [0.2, 0.25) is 5.02 Å². The summed E-state index contributed by atoms with van der Waals surface area (Å²) < 4.78 is 16.0. The van der Waals surface area contributed by atoms with E-state index in [1.54, 1.807) is 14.2 Å². The average molecular weight is 415 g/mol. The Morgan fingerprint density at radius 3 is 2.43 bits per heavy atom. The molecular weight excluding hydrogens is 384 g/mol. The van der Waals surface area contributed by atoms with Crippen molar-refractivity contribution in [3.05, 3.63) is 22.7 Å². The molecule has 0 aliphatic heterocycles. The molecule has 1 aromatic carbocycles. The van der Waals surface area contributed by atoms with Crippen molar-refractivity contribution < 1.29 is 19.0 Å². The van der Waals surface area contributed by atoms with E-state index in [0.29, 0.717) is 48.7 Å². The molecule has 0 saturated heterocycles. The van der Waals surface area contributed by atoms with Crippen molar-refractivity contribution in [1.82, 2.24) is 16.0 Å². The zero-order chi connectivity index (χ0) is 21.2. The molecule has 8 nitrogen and oxygen atoms in total. The number of halogens is 1. The summed E-state index contributed by atoms with van der Waals surface area (Å²) in [6, 6.07) is 3.68. The van der Waals surface area contributed by atoms with Crippen molar-refractivity contribution in [2.24, 2.45) is 4.99 Å². The molecule has 1 amide bonds. The Hall–Kier alpha value is -2.35. The van der Waals surface area contributed by atoms with Gasteiger partial charge in [0.05, 0.1) is 18.7 Å². The van der Waals surface area contributed by atoms with Gasteiger partial charge >= 0.3 is 6.09 Å². The predicted molar refractivity (Wildman–Crippen MR) is 112 cm³/mol. The van der Waals surface area contributed by atoms with E-state index in [1.807, 2.05) is 39.8 Å². The number of aliphatic imine (C=N–C) groups is 1. The summed E-state index contributed by atoms with van der Waals surface area (Å²) in [5.41, 5.74) is 0.398. The lowest BCUT2D eigenvalue weighted by atomic mass is 10.2. The van der Waals surface area contributed by atoms with Crippen LogP contribution in [-0.2, 0) is 11.3 Å². The normalized spacial score (nSPS) is 11.6. The molecule has 0 fully saturated rings. The largest absolute Gasteiger partial charge is 0.493 e. The van der Waals surface area contributed by atoms with Gasteiger partial charge in [-0.05, 0) is 45.4 Å². The van der Waals surface area contributed by atoms with Crippen molar-refractivity contribution in [1.29, 1.82) is 0 Å². The van der Waals surface area contributed by atoms with Gasteiger partial charge in [0.25, 0.3) is 0 Å². The lowest BCUT2D eigenvalue weighted by molar-refractivity contribution is 0.0529. The number of guanidine groups is 1. The number of ether oxygens (including phenoxy) is 3. The van der Waals surface area contributed by atoms with E-state index in [0.717, 1.165) is 5.56 Å². The van der Waals surface area contributed by atoms with E-state index in [-0.39, 0.29) is 0 Å². The summed E-state index contributed by atoms with van der Waals surface area (Å²) in [5.74, 6) is 1.71. The number of alkyl carbamates (subject to hydrolysis) is 1. The molecule has 158 valence electrons. The highest BCUT2D eigenvalue weighted by Gasteiger charge is 2.15. The van der Waals surface area contributed by atoms with Crippen LogP contribution in [-0.4, -0.2) is 51.5 Å². The first-order valence-electron chi connectivity index (χ1n) is 9.10. The molecule has 0 unspecified atom stereocenters. The Balaban J connectivity index is 2.50. The fourth-order valence-corrected chi connectivity index (χ4v) is 2.51. The van der Waals surface area contributed by atoms with Crippen LogP contribution in [0.15, 0.2) is 17.1 Å². The van der Waals surface area contributed by atoms with Crippen LogP contribution in [0.1, 0.15) is 33.3 Å². The number of carbonyl (C=O) groups excluding carboxylic acids is 1. The molecule has 1 aromatic rings. The van der Waals surface area contributed by atoms with Crippen LogP contribution >= 0.6 is 11.6 Å². The minimum atomic E-state index is -0.519. The standard InChI is InChI=1S/C19H31ClN4O4/c1-7-27-16-14(20)10-13(11-15(16)26-6)12-24-17(21-5)22-8-9-23-18(25)28-19(2,3)4/h10-11H,7-9,12H2,1-6H3,(H,23,25)(H2,21,22,24). The number of methoxy groups -OCH3 is 1. The van der Waals surface area contributed by atoms with Crippen LogP contribution in [0.3, 0.4) is 0 Å². The van der Waals surface area contributed by atoms with Gasteiger partial charge in [-0.15, -0.1) is 0 Å². The van der Waals surface area contributed by atoms with Gasteiger partial charge in [-0.3, -0.25) is 4.99 Å². The van der Waals surface area contributed by atoms with E-state index in [4.69, 9.17) is 25.8 Å². The fourth-order valence-electron chi connectivity index (χ4n) is 2.23. The summed E-state index contributed by atoms with van der Waals surface area (Å²) in [4.78, 5) is 15.8. The molecule has 0 aliphatic carbocycles. The molecule has 9 heteroatoms. The second-order valence-corrected chi connectivity index (χ2v) is 7.23. The quantitative estimate of drug-likeness (QED) is 0.344. The third kappa shape index (κ3) is 8.56. The van der Waals surface area contributed by atoms with Crippen molar-refractivity contribution in [3.8, 4) is 11.5 Å².